The zero-order valence-corrected chi connectivity index (χ0v) is 22.3. The van der Waals surface area contributed by atoms with Gasteiger partial charge in [0.15, 0.2) is 5.78 Å². The number of Topliss-reactive ketones (excluding diaryl/α,β-unsaturated/α-hetero) is 1. The summed E-state index contributed by atoms with van der Waals surface area (Å²) in [5.74, 6) is 0.758. The summed E-state index contributed by atoms with van der Waals surface area (Å²) >= 11 is 0. The van der Waals surface area contributed by atoms with Crippen molar-refractivity contribution in [2.75, 3.05) is 0 Å². The number of rotatable bonds is 4. The first-order chi connectivity index (χ1) is 16.7. The van der Waals surface area contributed by atoms with E-state index in [2.05, 4.69) is 6.92 Å². The van der Waals surface area contributed by atoms with Crippen molar-refractivity contribution in [1.29, 1.82) is 0 Å². The number of hydrogen-bond donors (Lipinski definition) is 0. The number of ketones is 1. The van der Waals surface area contributed by atoms with E-state index in [1.54, 1.807) is 24.3 Å². The monoisotopic (exact) mass is 488 g/mol. The standard InChI is InChI=1S/C31H36O5/c1-20-16-23(18-21-8-12-25(13-9-21)35-28(33)30(2,3)4)27(32)24(17-20)19-22-10-14-26(15-11-22)36-29(34)31(5,6)7/h8-15,18-20H,16-17H2,1-7H3/b23-18+,24-19+. The van der Waals surface area contributed by atoms with Gasteiger partial charge in [0.1, 0.15) is 11.5 Å². The second-order valence-corrected chi connectivity index (χ2v) is 11.6. The Labute approximate surface area is 214 Å². The predicted molar refractivity (Wildman–Crippen MR) is 142 cm³/mol. The van der Waals surface area contributed by atoms with E-state index < -0.39 is 10.8 Å². The number of benzene rings is 2. The molecule has 2 aromatic rings. The minimum atomic E-state index is -0.578. The summed E-state index contributed by atoms with van der Waals surface area (Å²) in [6, 6.07) is 14.4. The number of ether oxygens (including phenoxy) is 2. The van der Waals surface area contributed by atoms with Crippen LogP contribution in [0.5, 0.6) is 11.5 Å². The van der Waals surface area contributed by atoms with E-state index in [0.29, 0.717) is 30.3 Å². The molecular weight excluding hydrogens is 452 g/mol. The molecule has 0 saturated heterocycles. The van der Waals surface area contributed by atoms with E-state index in [9.17, 15) is 14.4 Å². The van der Waals surface area contributed by atoms with Crippen molar-refractivity contribution in [3.63, 3.8) is 0 Å². The fourth-order valence-corrected chi connectivity index (χ4v) is 3.65. The third kappa shape index (κ3) is 7.27. The van der Waals surface area contributed by atoms with E-state index >= 15 is 0 Å². The molecule has 1 aliphatic rings. The molecule has 0 aliphatic heterocycles. The van der Waals surface area contributed by atoms with Gasteiger partial charge >= 0.3 is 11.9 Å². The zero-order valence-electron chi connectivity index (χ0n) is 22.3. The number of carbonyl (C=O) groups excluding carboxylic acids is 3. The molecule has 1 fully saturated rings. The predicted octanol–water partition coefficient (Wildman–Crippen LogP) is 7.06. The van der Waals surface area contributed by atoms with Crippen LogP contribution in [0.25, 0.3) is 12.2 Å². The van der Waals surface area contributed by atoms with Gasteiger partial charge in [-0.1, -0.05) is 31.2 Å². The molecule has 0 radical (unpaired) electrons. The third-order valence-corrected chi connectivity index (χ3v) is 5.81. The second kappa shape index (κ2) is 10.7. The van der Waals surface area contributed by atoms with Gasteiger partial charge in [-0.3, -0.25) is 14.4 Å². The zero-order chi connectivity index (χ0) is 26.7. The van der Waals surface area contributed by atoms with Gasteiger partial charge < -0.3 is 9.47 Å². The highest BCUT2D eigenvalue weighted by molar-refractivity contribution is 6.14. The smallest absolute Gasteiger partial charge is 0.316 e. The van der Waals surface area contributed by atoms with Gasteiger partial charge in [-0.15, -0.1) is 0 Å². The van der Waals surface area contributed by atoms with Crippen LogP contribution in [0.4, 0.5) is 0 Å². The van der Waals surface area contributed by atoms with Crippen molar-refractivity contribution < 1.29 is 23.9 Å². The van der Waals surface area contributed by atoms with Crippen molar-refractivity contribution in [3.05, 3.63) is 70.8 Å². The van der Waals surface area contributed by atoms with E-state index in [1.165, 1.54) is 0 Å². The highest BCUT2D eigenvalue weighted by Crippen LogP contribution is 2.33. The molecule has 1 aliphatic carbocycles. The van der Waals surface area contributed by atoms with Crippen LogP contribution < -0.4 is 9.47 Å². The molecule has 0 aromatic heterocycles. The average molecular weight is 489 g/mol. The van der Waals surface area contributed by atoms with Gasteiger partial charge in [-0.05, 0) is 108 Å². The fourth-order valence-electron chi connectivity index (χ4n) is 3.65. The fraction of sp³-hybridized carbons (Fsp3) is 0.387. The Balaban J connectivity index is 1.75. The van der Waals surface area contributed by atoms with Crippen molar-refractivity contribution in [1.82, 2.24) is 0 Å². The Kier molecular flexibility index (Phi) is 8.02. The summed E-state index contributed by atoms with van der Waals surface area (Å²) in [7, 11) is 0. The van der Waals surface area contributed by atoms with Crippen molar-refractivity contribution >= 4 is 29.9 Å². The van der Waals surface area contributed by atoms with E-state index in [0.717, 1.165) is 22.3 Å². The molecule has 0 heterocycles. The lowest BCUT2D eigenvalue weighted by Gasteiger charge is -2.23. The largest absolute Gasteiger partial charge is 0.426 e. The highest BCUT2D eigenvalue weighted by atomic mass is 16.5. The lowest BCUT2D eigenvalue weighted by atomic mass is 9.81. The van der Waals surface area contributed by atoms with Crippen molar-refractivity contribution in [3.8, 4) is 11.5 Å². The molecule has 0 bridgehead atoms. The van der Waals surface area contributed by atoms with Gasteiger partial charge in [-0.25, -0.2) is 0 Å². The summed E-state index contributed by atoms with van der Waals surface area (Å²) in [6.07, 6.45) is 5.24. The normalized spacial score (nSPS) is 18.9. The van der Waals surface area contributed by atoms with Crippen LogP contribution >= 0.6 is 0 Å². The Morgan fingerprint density at radius 2 is 1.03 bits per heavy atom. The Morgan fingerprint density at radius 3 is 1.33 bits per heavy atom. The number of esters is 2. The summed E-state index contributed by atoms with van der Waals surface area (Å²) < 4.78 is 10.9. The molecule has 0 unspecified atom stereocenters. The summed E-state index contributed by atoms with van der Waals surface area (Å²) in [4.78, 5) is 37.4. The first-order valence-corrected chi connectivity index (χ1v) is 12.3. The van der Waals surface area contributed by atoms with Crippen molar-refractivity contribution in [2.45, 2.75) is 61.3 Å². The highest BCUT2D eigenvalue weighted by Gasteiger charge is 2.26. The molecular formula is C31H36O5. The molecule has 190 valence electrons. The molecule has 5 nitrogen and oxygen atoms in total. The van der Waals surface area contributed by atoms with Crippen LogP contribution in [0, 0.1) is 16.7 Å². The lowest BCUT2D eigenvalue weighted by Crippen LogP contribution is -2.25. The molecule has 0 atom stereocenters. The number of allylic oxidation sites excluding steroid dienone is 2. The van der Waals surface area contributed by atoms with Crippen molar-refractivity contribution in [2.24, 2.45) is 16.7 Å². The van der Waals surface area contributed by atoms with Crippen LogP contribution in [-0.4, -0.2) is 17.7 Å². The number of carbonyl (C=O) groups is 3. The topological polar surface area (TPSA) is 69.7 Å². The van der Waals surface area contributed by atoms with Gasteiger partial charge in [0, 0.05) is 11.1 Å². The van der Waals surface area contributed by atoms with Gasteiger partial charge in [0.05, 0.1) is 10.8 Å². The minimum absolute atomic E-state index is 0.0413. The third-order valence-electron chi connectivity index (χ3n) is 5.81. The molecule has 3 rings (SSSR count). The lowest BCUT2D eigenvalue weighted by molar-refractivity contribution is -0.143. The van der Waals surface area contributed by atoms with Gasteiger partial charge in [0.2, 0.25) is 0 Å². The van der Waals surface area contributed by atoms with Gasteiger partial charge in [-0.2, -0.15) is 0 Å². The van der Waals surface area contributed by atoms with E-state index in [1.807, 2.05) is 78.0 Å². The first kappa shape index (κ1) is 27.1. The Hall–Kier alpha value is -3.47. The summed E-state index contributed by atoms with van der Waals surface area (Å²) in [5, 5.41) is 0. The van der Waals surface area contributed by atoms with Crippen LogP contribution in [0.15, 0.2) is 59.7 Å². The summed E-state index contributed by atoms with van der Waals surface area (Å²) in [5.41, 5.74) is 2.13. The maximum absolute atomic E-state index is 13.3. The Morgan fingerprint density at radius 1 is 0.694 bits per heavy atom. The molecule has 0 spiro atoms. The molecule has 0 amide bonds. The summed E-state index contributed by atoms with van der Waals surface area (Å²) in [6.45, 7) is 13.0. The molecule has 0 N–H and O–H groups in total. The number of hydrogen-bond acceptors (Lipinski definition) is 5. The van der Waals surface area contributed by atoms with E-state index in [-0.39, 0.29) is 17.7 Å². The average Bonchev–Trinajstić information content (AvgIpc) is 2.78. The molecule has 1 saturated carbocycles. The second-order valence-electron chi connectivity index (χ2n) is 11.6. The van der Waals surface area contributed by atoms with Crippen LogP contribution in [0.3, 0.4) is 0 Å². The van der Waals surface area contributed by atoms with Crippen LogP contribution in [-0.2, 0) is 14.4 Å². The van der Waals surface area contributed by atoms with E-state index in [4.69, 9.17) is 9.47 Å². The first-order valence-electron chi connectivity index (χ1n) is 12.3. The molecule has 2 aromatic carbocycles. The molecule has 36 heavy (non-hydrogen) atoms. The SMILES string of the molecule is CC1C/C(=C\c2ccc(OC(=O)C(C)(C)C)cc2)C(=O)/C(=C/c2ccc(OC(=O)C(C)(C)C)cc2)C1. The van der Waals surface area contributed by atoms with Gasteiger partial charge in [0.25, 0.3) is 0 Å². The Bertz CT molecular complexity index is 1090. The molecule has 5 heteroatoms. The maximum Gasteiger partial charge on any atom is 0.316 e. The minimum Gasteiger partial charge on any atom is -0.426 e. The van der Waals surface area contributed by atoms with Crippen LogP contribution in [0.2, 0.25) is 0 Å². The van der Waals surface area contributed by atoms with Crippen LogP contribution in [0.1, 0.15) is 72.4 Å². The quantitative estimate of drug-likeness (QED) is 0.262. The maximum atomic E-state index is 13.3.